The quantitative estimate of drug-likeness (QED) is 0.735. The molecule has 0 spiro atoms. The van der Waals surface area contributed by atoms with Crippen molar-refractivity contribution in [3.8, 4) is 0 Å². The maximum atomic E-state index is 13.4. The fraction of sp³-hybridized carbons (Fsp3) is 0.0714. The summed E-state index contributed by atoms with van der Waals surface area (Å²) in [5, 5.41) is 3.04. The molecule has 0 saturated carbocycles. The van der Waals surface area contributed by atoms with Crippen molar-refractivity contribution in [2.45, 2.75) is 6.92 Å². The Balaban J connectivity index is 1.89. The minimum Gasteiger partial charge on any atom is -0.298 e. The van der Waals surface area contributed by atoms with Crippen molar-refractivity contribution >= 4 is 32.6 Å². The Morgan fingerprint density at radius 1 is 1.35 bits per heavy atom. The van der Waals surface area contributed by atoms with Gasteiger partial charge in [0.15, 0.2) is 5.13 Å². The monoisotopic (exact) mass is 287 g/mol. The number of pyridine rings is 1. The van der Waals surface area contributed by atoms with Gasteiger partial charge in [0.25, 0.3) is 5.91 Å². The second-order valence-corrected chi connectivity index (χ2v) is 5.32. The molecule has 0 aliphatic carbocycles. The Kier molecular flexibility index (Phi) is 3.15. The first-order chi connectivity index (χ1) is 9.63. The van der Waals surface area contributed by atoms with Gasteiger partial charge in [0.2, 0.25) is 5.95 Å². The molecule has 2 aromatic heterocycles. The minimum absolute atomic E-state index is 0.0945. The van der Waals surface area contributed by atoms with Crippen molar-refractivity contribution in [3.63, 3.8) is 0 Å². The van der Waals surface area contributed by atoms with Gasteiger partial charge < -0.3 is 0 Å². The van der Waals surface area contributed by atoms with Crippen LogP contribution in [0.5, 0.6) is 0 Å². The zero-order valence-corrected chi connectivity index (χ0v) is 11.4. The first-order valence-corrected chi connectivity index (χ1v) is 6.74. The number of aromatic nitrogens is 2. The molecule has 0 radical (unpaired) electrons. The molecule has 20 heavy (non-hydrogen) atoms. The van der Waals surface area contributed by atoms with E-state index in [2.05, 4.69) is 15.3 Å². The van der Waals surface area contributed by atoms with Crippen LogP contribution in [0.3, 0.4) is 0 Å². The summed E-state index contributed by atoms with van der Waals surface area (Å²) in [4.78, 5) is 19.7. The predicted octanol–water partition coefficient (Wildman–Crippen LogP) is 3.39. The number of hydrogen-bond acceptors (Lipinski definition) is 4. The first kappa shape index (κ1) is 12.7. The van der Waals surface area contributed by atoms with Crippen LogP contribution in [0.15, 0.2) is 36.5 Å². The molecular weight excluding hydrogens is 277 g/mol. The van der Waals surface area contributed by atoms with Crippen molar-refractivity contribution in [2.75, 3.05) is 5.32 Å². The standard InChI is InChI=1S/C14H10FN3OS/c1-8-4-5-10-11(7-8)20-14(17-10)18-13(19)9-3-2-6-16-12(9)15/h2-7H,1H3,(H,17,18,19). The summed E-state index contributed by atoms with van der Waals surface area (Å²) in [6.45, 7) is 1.99. The second kappa shape index (κ2) is 4.97. The van der Waals surface area contributed by atoms with Crippen molar-refractivity contribution in [1.82, 2.24) is 9.97 Å². The number of thiazole rings is 1. The fourth-order valence-corrected chi connectivity index (χ4v) is 2.76. The van der Waals surface area contributed by atoms with Crippen molar-refractivity contribution < 1.29 is 9.18 Å². The highest BCUT2D eigenvalue weighted by Crippen LogP contribution is 2.27. The van der Waals surface area contributed by atoms with Crippen LogP contribution in [0.1, 0.15) is 15.9 Å². The van der Waals surface area contributed by atoms with E-state index in [4.69, 9.17) is 0 Å². The molecule has 0 bridgehead atoms. The number of anilines is 1. The molecule has 2 heterocycles. The molecule has 4 nitrogen and oxygen atoms in total. The number of fused-ring (bicyclic) bond motifs is 1. The zero-order valence-electron chi connectivity index (χ0n) is 10.6. The van der Waals surface area contributed by atoms with E-state index in [1.165, 1.54) is 29.7 Å². The molecule has 100 valence electrons. The molecule has 0 aliphatic rings. The summed E-state index contributed by atoms with van der Waals surface area (Å²) in [7, 11) is 0. The van der Waals surface area contributed by atoms with E-state index in [0.29, 0.717) is 5.13 Å². The molecular formula is C14H10FN3OS. The lowest BCUT2D eigenvalue weighted by atomic mass is 10.2. The normalized spacial score (nSPS) is 10.7. The summed E-state index contributed by atoms with van der Waals surface area (Å²) in [6, 6.07) is 8.73. The summed E-state index contributed by atoms with van der Waals surface area (Å²) >= 11 is 1.35. The smallest absolute Gasteiger partial charge is 0.262 e. The van der Waals surface area contributed by atoms with Crippen LogP contribution >= 0.6 is 11.3 Å². The molecule has 3 aromatic rings. The zero-order chi connectivity index (χ0) is 14.1. The van der Waals surface area contributed by atoms with Crippen molar-refractivity contribution in [2.24, 2.45) is 0 Å². The number of halogens is 1. The molecule has 6 heteroatoms. The Morgan fingerprint density at radius 2 is 2.20 bits per heavy atom. The van der Waals surface area contributed by atoms with Crippen LogP contribution in [0, 0.1) is 12.9 Å². The number of nitrogens with zero attached hydrogens (tertiary/aromatic N) is 2. The lowest BCUT2D eigenvalue weighted by molar-refractivity contribution is 0.102. The highest BCUT2D eigenvalue weighted by Gasteiger charge is 2.14. The van der Waals surface area contributed by atoms with Crippen molar-refractivity contribution in [3.05, 3.63) is 53.6 Å². The van der Waals surface area contributed by atoms with E-state index in [0.717, 1.165) is 15.8 Å². The maximum absolute atomic E-state index is 13.4. The SMILES string of the molecule is Cc1ccc2nc(NC(=O)c3cccnc3F)sc2c1. The van der Waals surface area contributed by atoms with Gasteiger partial charge in [-0.3, -0.25) is 10.1 Å². The van der Waals surface area contributed by atoms with Gasteiger partial charge in [-0.1, -0.05) is 17.4 Å². The summed E-state index contributed by atoms with van der Waals surface area (Å²) in [5.74, 6) is -1.34. The van der Waals surface area contributed by atoms with Crippen LogP contribution in [0.4, 0.5) is 9.52 Å². The predicted molar refractivity (Wildman–Crippen MR) is 76.5 cm³/mol. The van der Waals surface area contributed by atoms with Gasteiger partial charge in [0.05, 0.1) is 15.8 Å². The van der Waals surface area contributed by atoms with Crippen LogP contribution in [-0.4, -0.2) is 15.9 Å². The topological polar surface area (TPSA) is 54.9 Å². The van der Waals surface area contributed by atoms with Gasteiger partial charge in [0.1, 0.15) is 0 Å². The Morgan fingerprint density at radius 3 is 3.00 bits per heavy atom. The van der Waals surface area contributed by atoms with E-state index < -0.39 is 11.9 Å². The largest absolute Gasteiger partial charge is 0.298 e. The van der Waals surface area contributed by atoms with Crippen molar-refractivity contribution in [1.29, 1.82) is 0 Å². The number of nitrogens with one attached hydrogen (secondary N) is 1. The molecule has 1 N–H and O–H groups in total. The number of hydrogen-bond donors (Lipinski definition) is 1. The van der Waals surface area contributed by atoms with Gasteiger partial charge in [-0.2, -0.15) is 4.39 Å². The first-order valence-electron chi connectivity index (χ1n) is 5.92. The van der Waals surface area contributed by atoms with Gasteiger partial charge in [-0.15, -0.1) is 0 Å². The van der Waals surface area contributed by atoms with E-state index in [-0.39, 0.29) is 5.56 Å². The van der Waals surface area contributed by atoms with Crippen LogP contribution < -0.4 is 5.32 Å². The summed E-state index contributed by atoms with van der Waals surface area (Å²) < 4.78 is 14.4. The van der Waals surface area contributed by atoms with E-state index in [9.17, 15) is 9.18 Å². The Labute approximate surface area is 118 Å². The number of amides is 1. The molecule has 0 atom stereocenters. The van der Waals surface area contributed by atoms with Crippen LogP contribution in [-0.2, 0) is 0 Å². The third kappa shape index (κ3) is 2.37. The highest BCUT2D eigenvalue weighted by molar-refractivity contribution is 7.22. The van der Waals surface area contributed by atoms with E-state index in [1.807, 2.05) is 25.1 Å². The van der Waals surface area contributed by atoms with Gasteiger partial charge >= 0.3 is 0 Å². The molecule has 0 saturated heterocycles. The molecule has 0 unspecified atom stereocenters. The number of carbonyl (C=O) groups is 1. The lowest BCUT2D eigenvalue weighted by Crippen LogP contribution is -2.14. The van der Waals surface area contributed by atoms with E-state index in [1.54, 1.807) is 0 Å². The molecule has 1 amide bonds. The molecule has 1 aromatic carbocycles. The second-order valence-electron chi connectivity index (χ2n) is 4.29. The Bertz CT molecular complexity index is 800. The number of rotatable bonds is 2. The van der Waals surface area contributed by atoms with E-state index >= 15 is 0 Å². The van der Waals surface area contributed by atoms with Gasteiger partial charge in [-0.25, -0.2) is 9.97 Å². The number of benzene rings is 1. The van der Waals surface area contributed by atoms with Gasteiger partial charge in [0, 0.05) is 6.20 Å². The summed E-state index contributed by atoms with van der Waals surface area (Å²) in [6.07, 6.45) is 1.30. The van der Waals surface area contributed by atoms with Crippen LogP contribution in [0.2, 0.25) is 0 Å². The number of carbonyl (C=O) groups excluding carboxylic acids is 1. The molecule has 0 fully saturated rings. The van der Waals surface area contributed by atoms with Gasteiger partial charge in [-0.05, 0) is 36.8 Å². The Hall–Kier alpha value is -2.34. The highest BCUT2D eigenvalue weighted by atomic mass is 32.1. The fourth-order valence-electron chi connectivity index (χ4n) is 1.81. The average molecular weight is 287 g/mol. The third-order valence-corrected chi connectivity index (χ3v) is 3.70. The minimum atomic E-state index is -0.790. The lowest BCUT2D eigenvalue weighted by Gasteiger charge is -2.01. The molecule has 3 rings (SSSR count). The third-order valence-electron chi connectivity index (χ3n) is 2.77. The average Bonchev–Trinajstić information content (AvgIpc) is 2.80. The molecule has 0 aliphatic heterocycles. The van der Waals surface area contributed by atoms with Crippen LogP contribution in [0.25, 0.3) is 10.2 Å². The number of aryl methyl sites for hydroxylation is 1. The maximum Gasteiger partial charge on any atom is 0.262 e. The summed E-state index contributed by atoms with van der Waals surface area (Å²) in [5.41, 5.74) is 1.84.